The highest BCUT2D eigenvalue weighted by Gasteiger charge is 2.34. The number of anilines is 1. The lowest BCUT2D eigenvalue weighted by Crippen LogP contribution is -2.51. The van der Waals surface area contributed by atoms with Crippen molar-refractivity contribution in [1.29, 1.82) is 0 Å². The number of carbonyl (C=O) groups is 3. The first kappa shape index (κ1) is 23.0. The zero-order chi connectivity index (χ0) is 23.7. The molecule has 0 bridgehead atoms. The van der Waals surface area contributed by atoms with Crippen LogP contribution in [0.5, 0.6) is 0 Å². The van der Waals surface area contributed by atoms with E-state index in [4.69, 9.17) is 0 Å². The topological polar surface area (TPSA) is 69.7 Å². The second-order valence-electron chi connectivity index (χ2n) is 8.56. The highest BCUT2D eigenvalue weighted by Crippen LogP contribution is 2.37. The third-order valence-corrected chi connectivity index (χ3v) is 6.28. The van der Waals surface area contributed by atoms with Gasteiger partial charge in [0, 0.05) is 28.0 Å². The maximum Gasteiger partial charge on any atom is 0.259 e. The number of nitrogens with zero attached hydrogens (tertiary/aromatic N) is 2. The normalized spacial score (nSPS) is 13.5. The first-order valence-electron chi connectivity index (χ1n) is 10.9. The van der Waals surface area contributed by atoms with E-state index >= 15 is 0 Å². The maximum atomic E-state index is 13.6. The number of hydrogen-bond donors (Lipinski definition) is 1. The Morgan fingerprint density at radius 2 is 1.73 bits per heavy atom. The van der Waals surface area contributed by atoms with Gasteiger partial charge in [-0.1, -0.05) is 52.3 Å². The average molecular weight is 508 g/mol. The predicted octanol–water partition coefficient (Wildman–Crippen LogP) is 4.50. The Morgan fingerprint density at radius 1 is 1.03 bits per heavy atom. The fourth-order valence-electron chi connectivity index (χ4n) is 4.18. The summed E-state index contributed by atoms with van der Waals surface area (Å²) in [6.45, 7) is 5.59. The van der Waals surface area contributed by atoms with E-state index in [-0.39, 0.29) is 36.9 Å². The Bertz CT molecular complexity index is 1240. The van der Waals surface area contributed by atoms with E-state index < -0.39 is 6.04 Å². The molecule has 3 aromatic rings. The molecule has 0 fully saturated rings. The Morgan fingerprint density at radius 3 is 2.42 bits per heavy atom. The van der Waals surface area contributed by atoms with Crippen LogP contribution in [0.2, 0.25) is 0 Å². The molecule has 33 heavy (non-hydrogen) atoms. The van der Waals surface area contributed by atoms with E-state index in [1.165, 1.54) is 9.80 Å². The second kappa shape index (κ2) is 9.35. The Labute approximate surface area is 201 Å². The fraction of sp³-hybridized carbons (Fsp3) is 0.269. The molecule has 7 heteroatoms. The molecule has 0 unspecified atom stereocenters. The van der Waals surface area contributed by atoms with E-state index in [0.717, 1.165) is 26.5 Å². The molecule has 0 saturated carbocycles. The minimum atomic E-state index is -0.699. The lowest BCUT2D eigenvalue weighted by molar-refractivity contribution is -0.139. The predicted molar refractivity (Wildman–Crippen MR) is 133 cm³/mol. The van der Waals surface area contributed by atoms with E-state index in [2.05, 4.69) is 21.2 Å². The number of nitrogens with one attached hydrogen (secondary N) is 1. The first-order chi connectivity index (χ1) is 15.8. The van der Waals surface area contributed by atoms with Gasteiger partial charge in [-0.3, -0.25) is 19.3 Å². The Kier molecular flexibility index (Phi) is 6.51. The minimum Gasteiger partial charge on any atom is -0.352 e. The second-order valence-corrected chi connectivity index (χ2v) is 9.48. The third-order valence-electron chi connectivity index (χ3n) is 5.78. The number of rotatable bonds is 7. The van der Waals surface area contributed by atoms with Crippen LogP contribution in [0.15, 0.2) is 65.1 Å². The van der Waals surface area contributed by atoms with Crippen molar-refractivity contribution in [1.82, 2.24) is 10.2 Å². The largest absolute Gasteiger partial charge is 0.352 e. The summed E-state index contributed by atoms with van der Waals surface area (Å²) in [5, 5.41) is 4.71. The summed E-state index contributed by atoms with van der Waals surface area (Å²) in [4.78, 5) is 42.6. The van der Waals surface area contributed by atoms with Crippen LogP contribution in [0.1, 0.15) is 36.7 Å². The van der Waals surface area contributed by atoms with Crippen LogP contribution in [0.25, 0.3) is 10.8 Å². The molecule has 0 spiro atoms. The number of carbonyl (C=O) groups excluding carboxylic acids is 3. The van der Waals surface area contributed by atoms with Crippen LogP contribution in [0.4, 0.5) is 5.69 Å². The van der Waals surface area contributed by atoms with Crippen LogP contribution in [-0.4, -0.2) is 41.2 Å². The number of benzene rings is 3. The molecule has 0 saturated heterocycles. The molecule has 1 atom stereocenters. The van der Waals surface area contributed by atoms with E-state index in [0.29, 0.717) is 5.56 Å². The van der Waals surface area contributed by atoms with Crippen molar-refractivity contribution >= 4 is 50.1 Å². The zero-order valence-electron chi connectivity index (χ0n) is 18.8. The van der Waals surface area contributed by atoms with Gasteiger partial charge in [0.15, 0.2) is 0 Å². The molecule has 0 aliphatic carbocycles. The maximum absolute atomic E-state index is 13.6. The number of hydrogen-bond acceptors (Lipinski definition) is 3. The summed E-state index contributed by atoms with van der Waals surface area (Å²) in [7, 11) is 0. The Hall–Kier alpha value is -3.19. The van der Waals surface area contributed by atoms with Gasteiger partial charge in [-0.2, -0.15) is 0 Å². The van der Waals surface area contributed by atoms with Crippen LogP contribution < -0.4 is 10.2 Å². The molecule has 0 radical (unpaired) electrons. The highest BCUT2D eigenvalue weighted by atomic mass is 79.9. The van der Waals surface area contributed by atoms with E-state index in [1.54, 1.807) is 13.0 Å². The quantitative estimate of drug-likeness (QED) is 0.511. The molecular formula is C26H26BrN3O3. The van der Waals surface area contributed by atoms with Gasteiger partial charge in [0.1, 0.15) is 12.6 Å². The van der Waals surface area contributed by atoms with Gasteiger partial charge in [0.2, 0.25) is 11.8 Å². The molecule has 1 heterocycles. The van der Waals surface area contributed by atoms with Crippen molar-refractivity contribution in [3.05, 3.63) is 76.3 Å². The summed E-state index contributed by atoms with van der Waals surface area (Å²) in [5.41, 5.74) is 2.21. The molecule has 1 N–H and O–H groups in total. The van der Waals surface area contributed by atoms with Gasteiger partial charge in [-0.05, 0) is 56.0 Å². The minimum absolute atomic E-state index is 0.0463. The average Bonchev–Trinajstić information content (AvgIpc) is 3.04. The molecule has 170 valence electrons. The van der Waals surface area contributed by atoms with Gasteiger partial charge in [-0.25, -0.2) is 0 Å². The number of halogens is 1. The molecular weight excluding hydrogens is 482 g/mol. The number of amides is 3. The lowest BCUT2D eigenvalue weighted by Gasteiger charge is -2.31. The monoisotopic (exact) mass is 507 g/mol. The third kappa shape index (κ3) is 4.64. The molecule has 1 aliphatic heterocycles. The van der Waals surface area contributed by atoms with Crippen molar-refractivity contribution in [3.8, 4) is 0 Å². The van der Waals surface area contributed by atoms with Crippen LogP contribution >= 0.6 is 15.9 Å². The van der Waals surface area contributed by atoms with Crippen LogP contribution in [0.3, 0.4) is 0 Å². The van der Waals surface area contributed by atoms with Crippen molar-refractivity contribution in [3.63, 3.8) is 0 Å². The van der Waals surface area contributed by atoms with Crippen LogP contribution in [0, 0.1) is 0 Å². The van der Waals surface area contributed by atoms with Crippen molar-refractivity contribution in [2.24, 2.45) is 0 Å². The van der Waals surface area contributed by atoms with Crippen molar-refractivity contribution in [2.45, 2.75) is 39.4 Å². The summed E-state index contributed by atoms with van der Waals surface area (Å²) < 4.78 is 0.892. The summed E-state index contributed by atoms with van der Waals surface area (Å²) in [5.74, 6) is -0.720. The molecule has 4 rings (SSSR count). The summed E-state index contributed by atoms with van der Waals surface area (Å²) >= 11 is 3.46. The van der Waals surface area contributed by atoms with Gasteiger partial charge < -0.3 is 10.2 Å². The Balaban J connectivity index is 1.63. The van der Waals surface area contributed by atoms with E-state index in [9.17, 15) is 14.4 Å². The first-order valence-corrected chi connectivity index (χ1v) is 11.7. The molecule has 6 nitrogen and oxygen atoms in total. The fourth-order valence-corrected chi connectivity index (χ4v) is 4.63. The van der Waals surface area contributed by atoms with Gasteiger partial charge in [0.05, 0.1) is 5.69 Å². The SMILES string of the molecule is CC(C)NC(=O)[C@H](C)N(Cc1cccc(Br)c1)C(=O)CN1C(=O)c2cccc3cccc1c23. The molecule has 3 amide bonds. The molecule has 3 aromatic carbocycles. The van der Waals surface area contributed by atoms with Crippen molar-refractivity contribution < 1.29 is 14.4 Å². The van der Waals surface area contributed by atoms with Crippen LogP contribution in [-0.2, 0) is 16.1 Å². The molecule has 1 aliphatic rings. The standard InChI is InChI=1S/C26H26BrN3O3/c1-16(2)28-25(32)17(3)29(14-18-7-4-10-20(27)13-18)23(31)15-30-22-12-6-9-19-8-5-11-21(24(19)22)26(30)33/h4-13,16-17H,14-15H2,1-3H3,(H,28,32)/t17-/m0/s1. The van der Waals surface area contributed by atoms with Gasteiger partial charge in [0.25, 0.3) is 5.91 Å². The van der Waals surface area contributed by atoms with Gasteiger partial charge >= 0.3 is 0 Å². The summed E-state index contributed by atoms with van der Waals surface area (Å²) in [6, 6.07) is 18.2. The zero-order valence-corrected chi connectivity index (χ0v) is 20.4. The highest BCUT2D eigenvalue weighted by molar-refractivity contribution is 9.10. The smallest absolute Gasteiger partial charge is 0.259 e. The summed E-state index contributed by atoms with van der Waals surface area (Å²) in [6.07, 6.45) is 0. The van der Waals surface area contributed by atoms with E-state index in [1.807, 2.05) is 68.4 Å². The van der Waals surface area contributed by atoms with Crippen molar-refractivity contribution in [2.75, 3.05) is 11.4 Å². The molecule has 0 aromatic heterocycles. The van der Waals surface area contributed by atoms with Gasteiger partial charge in [-0.15, -0.1) is 0 Å². The lowest BCUT2D eigenvalue weighted by atomic mass is 10.1.